The summed E-state index contributed by atoms with van der Waals surface area (Å²) in [5.74, 6) is 1.17. The van der Waals surface area contributed by atoms with E-state index < -0.39 is 0 Å². The van der Waals surface area contributed by atoms with Gasteiger partial charge in [-0.3, -0.25) is 0 Å². The topological polar surface area (TPSA) is 59.1 Å². The molecule has 0 aliphatic carbocycles. The molecule has 0 saturated heterocycles. The van der Waals surface area contributed by atoms with Crippen LogP contribution in [0.5, 0.6) is 0 Å². The van der Waals surface area contributed by atoms with Gasteiger partial charge in [0.15, 0.2) is 0 Å². The number of hydrogen-bond donors (Lipinski definition) is 2. The van der Waals surface area contributed by atoms with E-state index in [2.05, 4.69) is 20.6 Å². The minimum absolute atomic E-state index is 0.455. The molecule has 2 rings (SSSR count). The van der Waals surface area contributed by atoms with Crippen LogP contribution in [-0.4, -0.2) is 30.2 Å². The minimum atomic E-state index is 0.455. The molecule has 106 valence electrons. The van der Waals surface area contributed by atoms with Crippen molar-refractivity contribution in [1.82, 2.24) is 9.97 Å². The van der Waals surface area contributed by atoms with Crippen molar-refractivity contribution in [3.8, 4) is 0 Å². The Morgan fingerprint density at radius 2 is 2.10 bits per heavy atom. The largest absolute Gasteiger partial charge is 0.383 e. The van der Waals surface area contributed by atoms with E-state index in [0.717, 1.165) is 0 Å². The zero-order valence-electron chi connectivity index (χ0n) is 10.9. The molecule has 2 aromatic rings. The number of rotatable bonds is 6. The molecule has 0 bridgehead atoms. The molecule has 0 fully saturated rings. The fraction of sp³-hybridized carbons (Fsp3) is 0.231. The van der Waals surface area contributed by atoms with E-state index >= 15 is 0 Å². The molecule has 1 aromatic heterocycles. The number of nitrogens with zero attached hydrogens (tertiary/aromatic N) is 2. The highest BCUT2D eigenvalue weighted by molar-refractivity contribution is 6.36. The van der Waals surface area contributed by atoms with Crippen molar-refractivity contribution in [3.05, 3.63) is 40.5 Å². The number of anilines is 3. The molecule has 0 unspecified atom stereocenters. The Hall–Kier alpha value is -1.56. The van der Waals surface area contributed by atoms with Gasteiger partial charge in [0.1, 0.15) is 5.82 Å². The van der Waals surface area contributed by atoms with Crippen LogP contribution >= 0.6 is 23.2 Å². The number of methoxy groups -OCH3 is 1. The molecule has 0 aliphatic heterocycles. The maximum Gasteiger partial charge on any atom is 0.229 e. The van der Waals surface area contributed by atoms with Crippen LogP contribution in [0.4, 0.5) is 17.5 Å². The molecule has 0 aliphatic rings. The summed E-state index contributed by atoms with van der Waals surface area (Å²) in [6, 6.07) is 6.96. The molecule has 0 amide bonds. The van der Waals surface area contributed by atoms with Gasteiger partial charge in [-0.1, -0.05) is 23.2 Å². The van der Waals surface area contributed by atoms with Gasteiger partial charge in [-0.05, 0) is 24.3 Å². The van der Waals surface area contributed by atoms with Gasteiger partial charge < -0.3 is 15.4 Å². The zero-order chi connectivity index (χ0) is 14.4. The molecule has 0 saturated carbocycles. The van der Waals surface area contributed by atoms with Crippen molar-refractivity contribution < 1.29 is 4.74 Å². The quantitative estimate of drug-likeness (QED) is 0.798. The van der Waals surface area contributed by atoms with Gasteiger partial charge in [-0.15, -0.1) is 0 Å². The van der Waals surface area contributed by atoms with Crippen molar-refractivity contribution in [2.24, 2.45) is 0 Å². The van der Waals surface area contributed by atoms with Gasteiger partial charge in [0, 0.05) is 24.9 Å². The predicted molar refractivity (Wildman–Crippen MR) is 82.1 cm³/mol. The van der Waals surface area contributed by atoms with Crippen LogP contribution in [0.25, 0.3) is 0 Å². The summed E-state index contributed by atoms with van der Waals surface area (Å²) in [4.78, 5) is 8.46. The van der Waals surface area contributed by atoms with Crippen molar-refractivity contribution in [1.29, 1.82) is 0 Å². The van der Waals surface area contributed by atoms with Crippen LogP contribution in [-0.2, 0) is 4.74 Å². The van der Waals surface area contributed by atoms with Crippen molar-refractivity contribution in [2.45, 2.75) is 0 Å². The molecule has 20 heavy (non-hydrogen) atoms. The van der Waals surface area contributed by atoms with E-state index in [9.17, 15) is 0 Å². The van der Waals surface area contributed by atoms with Crippen LogP contribution in [0, 0.1) is 0 Å². The summed E-state index contributed by atoms with van der Waals surface area (Å²) < 4.78 is 4.96. The van der Waals surface area contributed by atoms with E-state index in [4.69, 9.17) is 27.9 Å². The Kier molecular flexibility index (Phi) is 5.40. The molecular formula is C13H14Cl2N4O. The number of nitrogens with one attached hydrogen (secondary N) is 2. The predicted octanol–water partition coefficient (Wildman–Crippen LogP) is 3.59. The number of ether oxygens (including phenoxy) is 1. The van der Waals surface area contributed by atoms with Crippen LogP contribution in [0.2, 0.25) is 10.0 Å². The Labute approximate surface area is 127 Å². The number of hydrogen-bond acceptors (Lipinski definition) is 5. The van der Waals surface area contributed by atoms with Gasteiger partial charge >= 0.3 is 0 Å². The smallest absolute Gasteiger partial charge is 0.229 e. The summed E-state index contributed by atoms with van der Waals surface area (Å²) in [6.45, 7) is 1.28. The second-order valence-corrected chi connectivity index (χ2v) is 4.78. The first-order chi connectivity index (χ1) is 9.69. The third-order valence-corrected chi connectivity index (χ3v) is 2.99. The Morgan fingerprint density at radius 1 is 1.25 bits per heavy atom. The minimum Gasteiger partial charge on any atom is -0.383 e. The summed E-state index contributed by atoms with van der Waals surface area (Å²) in [5.41, 5.74) is 0.699. The van der Waals surface area contributed by atoms with E-state index in [1.165, 1.54) is 0 Å². The molecule has 1 aromatic carbocycles. The maximum atomic E-state index is 6.09. The van der Waals surface area contributed by atoms with E-state index in [-0.39, 0.29) is 0 Å². The Balaban J connectivity index is 2.07. The van der Waals surface area contributed by atoms with Crippen molar-refractivity contribution in [2.75, 3.05) is 30.9 Å². The molecule has 0 atom stereocenters. The lowest BCUT2D eigenvalue weighted by Gasteiger charge is -2.09. The van der Waals surface area contributed by atoms with Crippen molar-refractivity contribution >= 4 is 40.7 Å². The SMILES string of the molecule is COCCNc1ccnc(Nc2ccc(Cl)cc2Cl)n1. The fourth-order valence-electron chi connectivity index (χ4n) is 1.51. The monoisotopic (exact) mass is 312 g/mol. The Morgan fingerprint density at radius 3 is 2.85 bits per heavy atom. The first kappa shape index (κ1) is 14.8. The van der Waals surface area contributed by atoms with Gasteiger partial charge in [-0.25, -0.2) is 4.98 Å². The summed E-state index contributed by atoms with van der Waals surface area (Å²) >= 11 is 11.9. The van der Waals surface area contributed by atoms with Crippen LogP contribution < -0.4 is 10.6 Å². The highest BCUT2D eigenvalue weighted by atomic mass is 35.5. The van der Waals surface area contributed by atoms with E-state index in [1.54, 1.807) is 37.6 Å². The first-order valence-electron chi connectivity index (χ1n) is 5.97. The molecule has 1 heterocycles. The summed E-state index contributed by atoms with van der Waals surface area (Å²) in [6.07, 6.45) is 1.66. The van der Waals surface area contributed by atoms with Crippen LogP contribution in [0.1, 0.15) is 0 Å². The van der Waals surface area contributed by atoms with Crippen LogP contribution in [0.15, 0.2) is 30.5 Å². The average Bonchev–Trinajstić information content (AvgIpc) is 2.43. The number of aromatic nitrogens is 2. The summed E-state index contributed by atoms with van der Waals surface area (Å²) in [5, 5.41) is 7.26. The lowest BCUT2D eigenvalue weighted by molar-refractivity contribution is 0.210. The molecular weight excluding hydrogens is 299 g/mol. The standard InChI is InChI=1S/C13H14Cl2N4O/c1-20-7-6-16-12-4-5-17-13(19-12)18-11-3-2-9(14)8-10(11)15/h2-5,8H,6-7H2,1H3,(H2,16,17,18,19). The van der Waals surface area contributed by atoms with Gasteiger partial charge in [-0.2, -0.15) is 4.98 Å². The normalized spacial score (nSPS) is 10.3. The van der Waals surface area contributed by atoms with E-state index in [1.807, 2.05) is 0 Å². The zero-order valence-corrected chi connectivity index (χ0v) is 12.4. The van der Waals surface area contributed by atoms with Crippen LogP contribution in [0.3, 0.4) is 0 Å². The third kappa shape index (κ3) is 4.23. The summed E-state index contributed by atoms with van der Waals surface area (Å²) in [7, 11) is 1.65. The van der Waals surface area contributed by atoms with Gasteiger partial charge in [0.2, 0.25) is 5.95 Å². The molecule has 5 nitrogen and oxygen atoms in total. The second-order valence-electron chi connectivity index (χ2n) is 3.93. The van der Waals surface area contributed by atoms with Crippen molar-refractivity contribution in [3.63, 3.8) is 0 Å². The number of halogens is 2. The lowest BCUT2D eigenvalue weighted by atomic mass is 10.3. The highest BCUT2D eigenvalue weighted by Crippen LogP contribution is 2.27. The average molecular weight is 313 g/mol. The number of benzene rings is 1. The highest BCUT2D eigenvalue weighted by Gasteiger charge is 2.04. The van der Waals surface area contributed by atoms with Gasteiger partial charge in [0.25, 0.3) is 0 Å². The van der Waals surface area contributed by atoms with E-state index in [0.29, 0.717) is 40.7 Å². The van der Waals surface area contributed by atoms with Gasteiger partial charge in [0.05, 0.1) is 17.3 Å². The third-order valence-electron chi connectivity index (χ3n) is 2.45. The second kappa shape index (κ2) is 7.28. The molecule has 2 N–H and O–H groups in total. The Bertz CT molecular complexity index is 580. The molecule has 0 spiro atoms. The lowest BCUT2D eigenvalue weighted by Crippen LogP contribution is -2.09. The molecule has 7 heteroatoms. The maximum absolute atomic E-state index is 6.09. The fourth-order valence-corrected chi connectivity index (χ4v) is 1.97. The first-order valence-corrected chi connectivity index (χ1v) is 6.72. The molecule has 0 radical (unpaired) electrons.